The second-order valence-electron chi connectivity index (χ2n) is 8.61. The van der Waals surface area contributed by atoms with Crippen LogP contribution in [0.3, 0.4) is 0 Å². The highest BCUT2D eigenvalue weighted by molar-refractivity contribution is 7.99. The van der Waals surface area contributed by atoms with Crippen molar-refractivity contribution in [2.45, 2.75) is 54.9 Å². The Bertz CT molecular complexity index is 1370. The van der Waals surface area contributed by atoms with Crippen LogP contribution in [-0.4, -0.2) is 28.0 Å². The number of benzene rings is 2. The van der Waals surface area contributed by atoms with E-state index < -0.39 is 10.0 Å². The van der Waals surface area contributed by atoms with Crippen LogP contribution in [-0.2, 0) is 15.4 Å². The molecule has 0 amide bonds. The number of rotatable bonds is 5. The van der Waals surface area contributed by atoms with Crippen LogP contribution < -0.4 is 4.72 Å². The van der Waals surface area contributed by atoms with Gasteiger partial charge < -0.3 is 0 Å². The number of anilines is 1. The zero-order valence-corrected chi connectivity index (χ0v) is 20.3. The second kappa shape index (κ2) is 8.22. The molecule has 1 N–H and O–H groups in total. The highest BCUT2D eigenvalue weighted by atomic mass is 32.2. The van der Waals surface area contributed by atoms with Gasteiger partial charge in [0.1, 0.15) is 11.4 Å². The summed E-state index contributed by atoms with van der Waals surface area (Å²) in [5.74, 6) is 0.553. The van der Waals surface area contributed by atoms with E-state index in [-0.39, 0.29) is 10.3 Å². The van der Waals surface area contributed by atoms with Crippen molar-refractivity contribution in [2.24, 2.45) is 0 Å². The Kier molecular flexibility index (Phi) is 5.72. The van der Waals surface area contributed by atoms with Crippen molar-refractivity contribution in [3.63, 3.8) is 0 Å². The minimum atomic E-state index is -3.67. The molecule has 0 bridgehead atoms. The molecule has 0 aliphatic rings. The summed E-state index contributed by atoms with van der Waals surface area (Å²) >= 11 is 1.53. The molecule has 2 heterocycles. The maximum atomic E-state index is 12.8. The van der Waals surface area contributed by atoms with Crippen molar-refractivity contribution in [3.05, 3.63) is 71.7 Å². The molecule has 2 aromatic heterocycles. The molecule has 9 heteroatoms. The third-order valence-corrected chi connectivity index (χ3v) is 7.78. The number of fused-ring (bicyclic) bond motifs is 1. The summed E-state index contributed by atoms with van der Waals surface area (Å²) in [5, 5.41) is 5.20. The van der Waals surface area contributed by atoms with E-state index in [1.807, 2.05) is 38.1 Å². The Morgan fingerprint density at radius 1 is 0.969 bits per heavy atom. The van der Waals surface area contributed by atoms with Gasteiger partial charge in [0.15, 0.2) is 0 Å². The Morgan fingerprint density at radius 3 is 2.25 bits per heavy atom. The molecule has 4 rings (SSSR count). The number of aryl methyl sites for hydroxylation is 1. The van der Waals surface area contributed by atoms with Crippen molar-refractivity contribution < 1.29 is 8.42 Å². The van der Waals surface area contributed by atoms with E-state index in [1.54, 1.807) is 28.8 Å². The Hall–Kier alpha value is -2.91. The van der Waals surface area contributed by atoms with E-state index in [0.29, 0.717) is 11.5 Å². The van der Waals surface area contributed by atoms with Gasteiger partial charge in [-0.3, -0.25) is 4.72 Å². The van der Waals surface area contributed by atoms with Gasteiger partial charge in [-0.15, -0.1) is 0 Å². The molecular weight excluding hydrogens is 442 g/mol. The predicted octanol–water partition coefficient (Wildman–Crippen LogP) is 4.99. The fourth-order valence-corrected chi connectivity index (χ4v) is 5.24. The summed E-state index contributed by atoms with van der Waals surface area (Å²) in [4.78, 5) is 9.80. The molecular formula is C23H25N5O2S2. The molecule has 0 radical (unpaired) electrons. The molecule has 0 saturated heterocycles. The fourth-order valence-electron chi connectivity index (χ4n) is 3.17. The van der Waals surface area contributed by atoms with Gasteiger partial charge in [-0.2, -0.15) is 14.6 Å². The summed E-state index contributed by atoms with van der Waals surface area (Å²) < 4.78 is 30.0. The second-order valence-corrected chi connectivity index (χ2v) is 11.4. The first-order valence-electron chi connectivity index (χ1n) is 10.1. The van der Waals surface area contributed by atoms with Crippen LogP contribution in [0, 0.1) is 13.8 Å². The standard InChI is InChI=1S/C23H25N5O2S2/c1-15-16(2)26-22-24-14-25-28(22)21(15)31-19-10-8-18(9-11-19)27-32(29,30)20-12-6-17(7-13-20)23(3,4)5/h6-14,27H,1-5H3. The van der Waals surface area contributed by atoms with Crippen LogP contribution >= 0.6 is 11.8 Å². The van der Waals surface area contributed by atoms with Crippen LogP contribution in [0.15, 0.2) is 69.7 Å². The average molecular weight is 468 g/mol. The summed E-state index contributed by atoms with van der Waals surface area (Å²) in [6, 6.07) is 14.3. The molecule has 2 aromatic carbocycles. The van der Waals surface area contributed by atoms with Crippen LogP contribution in [0.5, 0.6) is 0 Å². The van der Waals surface area contributed by atoms with E-state index in [1.165, 1.54) is 18.1 Å². The summed E-state index contributed by atoms with van der Waals surface area (Å²) in [7, 11) is -3.67. The molecule has 0 spiro atoms. The SMILES string of the molecule is Cc1nc2ncnn2c(Sc2ccc(NS(=O)(=O)c3ccc(C(C)(C)C)cc3)cc2)c1C. The lowest BCUT2D eigenvalue weighted by Gasteiger charge is -2.19. The molecule has 166 valence electrons. The van der Waals surface area contributed by atoms with Crippen LogP contribution in [0.2, 0.25) is 0 Å². The third kappa shape index (κ3) is 4.49. The first-order chi connectivity index (χ1) is 15.0. The first kappa shape index (κ1) is 22.3. The van der Waals surface area contributed by atoms with Crippen LogP contribution in [0.1, 0.15) is 37.6 Å². The van der Waals surface area contributed by atoms with Crippen LogP contribution in [0.4, 0.5) is 5.69 Å². The lowest BCUT2D eigenvalue weighted by molar-refractivity contribution is 0.587. The average Bonchev–Trinajstić information content (AvgIpc) is 3.20. The van der Waals surface area contributed by atoms with Crippen molar-refractivity contribution >= 4 is 33.3 Å². The van der Waals surface area contributed by atoms with Gasteiger partial charge in [-0.05, 0) is 61.2 Å². The zero-order chi connectivity index (χ0) is 23.1. The lowest BCUT2D eigenvalue weighted by Crippen LogP contribution is -2.14. The Balaban J connectivity index is 1.53. The highest BCUT2D eigenvalue weighted by Gasteiger charge is 2.18. The van der Waals surface area contributed by atoms with Gasteiger partial charge in [0.2, 0.25) is 0 Å². The van der Waals surface area contributed by atoms with Crippen LogP contribution in [0.25, 0.3) is 5.78 Å². The topological polar surface area (TPSA) is 89.2 Å². The molecule has 0 saturated carbocycles. The Morgan fingerprint density at radius 2 is 1.62 bits per heavy atom. The van der Waals surface area contributed by atoms with Gasteiger partial charge in [-0.1, -0.05) is 44.7 Å². The number of nitrogens with zero attached hydrogens (tertiary/aromatic N) is 4. The molecule has 0 unspecified atom stereocenters. The monoisotopic (exact) mass is 467 g/mol. The van der Waals surface area contributed by atoms with E-state index in [2.05, 4.69) is 40.6 Å². The van der Waals surface area contributed by atoms with Gasteiger partial charge in [0.05, 0.1) is 4.90 Å². The van der Waals surface area contributed by atoms with Crippen molar-refractivity contribution in [3.8, 4) is 0 Å². The molecule has 7 nitrogen and oxygen atoms in total. The molecule has 0 fully saturated rings. The minimum Gasteiger partial charge on any atom is -0.280 e. The van der Waals surface area contributed by atoms with E-state index in [9.17, 15) is 8.42 Å². The summed E-state index contributed by atoms with van der Waals surface area (Å²) in [5.41, 5.74) is 3.47. The predicted molar refractivity (Wildman–Crippen MR) is 127 cm³/mol. The summed E-state index contributed by atoms with van der Waals surface area (Å²) in [6.07, 6.45) is 1.48. The summed E-state index contributed by atoms with van der Waals surface area (Å²) in [6.45, 7) is 10.2. The quantitative estimate of drug-likeness (QED) is 0.416. The lowest BCUT2D eigenvalue weighted by atomic mass is 9.87. The third-order valence-electron chi connectivity index (χ3n) is 5.21. The number of hydrogen-bond acceptors (Lipinski definition) is 6. The zero-order valence-electron chi connectivity index (χ0n) is 18.6. The van der Waals surface area contributed by atoms with E-state index >= 15 is 0 Å². The number of sulfonamides is 1. The minimum absolute atomic E-state index is 0.0350. The first-order valence-corrected chi connectivity index (χ1v) is 12.4. The number of hydrogen-bond donors (Lipinski definition) is 1. The smallest absolute Gasteiger partial charge is 0.261 e. The Labute approximate surface area is 192 Å². The maximum Gasteiger partial charge on any atom is 0.261 e. The van der Waals surface area contributed by atoms with Crippen molar-refractivity contribution in [1.82, 2.24) is 19.6 Å². The largest absolute Gasteiger partial charge is 0.280 e. The number of nitrogens with one attached hydrogen (secondary N) is 1. The van der Waals surface area contributed by atoms with Gasteiger partial charge in [0, 0.05) is 21.8 Å². The van der Waals surface area contributed by atoms with E-state index in [0.717, 1.165) is 26.7 Å². The highest BCUT2D eigenvalue weighted by Crippen LogP contribution is 2.32. The van der Waals surface area contributed by atoms with E-state index in [4.69, 9.17) is 0 Å². The van der Waals surface area contributed by atoms with Crippen molar-refractivity contribution in [2.75, 3.05) is 4.72 Å². The van der Waals surface area contributed by atoms with Gasteiger partial charge in [-0.25, -0.2) is 13.4 Å². The molecule has 4 aromatic rings. The molecule has 0 atom stereocenters. The molecule has 0 aliphatic heterocycles. The molecule has 32 heavy (non-hydrogen) atoms. The van der Waals surface area contributed by atoms with Gasteiger partial charge >= 0.3 is 0 Å². The fraction of sp³-hybridized carbons (Fsp3) is 0.261. The van der Waals surface area contributed by atoms with Crippen molar-refractivity contribution in [1.29, 1.82) is 0 Å². The van der Waals surface area contributed by atoms with Gasteiger partial charge in [0.25, 0.3) is 15.8 Å². The number of aromatic nitrogens is 4. The maximum absolute atomic E-state index is 12.8. The normalized spacial score (nSPS) is 12.3. The molecule has 0 aliphatic carbocycles.